The lowest BCUT2D eigenvalue weighted by Crippen LogP contribution is -2.24. The Morgan fingerprint density at radius 1 is 1.04 bits per heavy atom. The van der Waals surface area contributed by atoms with Gasteiger partial charge in [0.25, 0.3) is 5.91 Å². The van der Waals surface area contributed by atoms with Crippen LogP contribution in [0.25, 0.3) is 0 Å². The van der Waals surface area contributed by atoms with E-state index in [0.29, 0.717) is 22.6 Å². The summed E-state index contributed by atoms with van der Waals surface area (Å²) in [5.74, 6) is 0.143. The molecular weight excluding hydrogens is 364 g/mol. The molecule has 1 aromatic heterocycles. The van der Waals surface area contributed by atoms with Crippen molar-refractivity contribution >= 4 is 21.6 Å². The van der Waals surface area contributed by atoms with E-state index in [4.69, 9.17) is 4.42 Å². The maximum atomic E-state index is 12.6. The Kier molecular flexibility index (Phi) is 5.43. The molecule has 1 amide bonds. The van der Waals surface area contributed by atoms with Crippen molar-refractivity contribution < 1.29 is 17.6 Å². The van der Waals surface area contributed by atoms with Crippen LogP contribution < -0.4 is 10.0 Å². The molecule has 0 aliphatic rings. The molecule has 2 aromatic carbocycles. The van der Waals surface area contributed by atoms with Crippen molar-refractivity contribution in [2.45, 2.75) is 25.3 Å². The van der Waals surface area contributed by atoms with Crippen LogP contribution in [-0.2, 0) is 16.6 Å². The first-order valence-corrected chi connectivity index (χ1v) is 9.84. The van der Waals surface area contributed by atoms with Crippen LogP contribution >= 0.6 is 0 Å². The molecule has 3 aromatic rings. The minimum atomic E-state index is -3.78. The Hall–Kier alpha value is -2.90. The van der Waals surface area contributed by atoms with Crippen molar-refractivity contribution in [2.24, 2.45) is 0 Å². The highest BCUT2D eigenvalue weighted by atomic mass is 32.2. The second-order valence-corrected chi connectivity index (χ2v) is 7.97. The molecule has 0 aliphatic carbocycles. The van der Waals surface area contributed by atoms with E-state index >= 15 is 0 Å². The molecular formula is C20H20N2O4S. The van der Waals surface area contributed by atoms with Gasteiger partial charge in [0, 0.05) is 11.3 Å². The minimum absolute atomic E-state index is 0.0223. The predicted octanol–water partition coefficient (Wildman–Crippen LogP) is 3.63. The van der Waals surface area contributed by atoms with Crippen LogP contribution in [0.5, 0.6) is 0 Å². The lowest BCUT2D eigenvalue weighted by atomic mass is 10.1. The number of furan rings is 1. The number of benzene rings is 2. The molecule has 6 nitrogen and oxygen atoms in total. The van der Waals surface area contributed by atoms with Gasteiger partial charge in [-0.15, -0.1) is 0 Å². The monoisotopic (exact) mass is 384 g/mol. The molecule has 2 N–H and O–H groups in total. The van der Waals surface area contributed by atoms with Crippen molar-refractivity contribution in [1.29, 1.82) is 0 Å². The molecule has 7 heteroatoms. The standard InChI is InChI=1S/C20H20N2O4S/c1-14-5-3-6-16(11-14)22-20(23)19-12-18(9-8-15(19)2)27(24,25)21-13-17-7-4-10-26-17/h3-12,21H,13H2,1-2H3,(H,22,23). The maximum Gasteiger partial charge on any atom is 0.255 e. The lowest BCUT2D eigenvalue weighted by Gasteiger charge is -2.11. The quantitative estimate of drug-likeness (QED) is 0.679. The van der Waals surface area contributed by atoms with E-state index in [1.165, 1.54) is 18.4 Å². The highest BCUT2D eigenvalue weighted by Gasteiger charge is 2.18. The minimum Gasteiger partial charge on any atom is -0.468 e. The van der Waals surface area contributed by atoms with Gasteiger partial charge in [-0.1, -0.05) is 18.2 Å². The van der Waals surface area contributed by atoms with E-state index in [-0.39, 0.29) is 17.3 Å². The van der Waals surface area contributed by atoms with Crippen molar-refractivity contribution in [2.75, 3.05) is 5.32 Å². The zero-order valence-electron chi connectivity index (χ0n) is 15.0. The first kappa shape index (κ1) is 18.9. The number of carbonyl (C=O) groups is 1. The van der Waals surface area contributed by atoms with Gasteiger partial charge in [0.1, 0.15) is 5.76 Å². The van der Waals surface area contributed by atoms with Crippen LogP contribution in [0, 0.1) is 13.8 Å². The molecule has 27 heavy (non-hydrogen) atoms. The van der Waals surface area contributed by atoms with Crippen LogP contribution in [0.15, 0.2) is 70.2 Å². The van der Waals surface area contributed by atoms with Gasteiger partial charge >= 0.3 is 0 Å². The molecule has 0 saturated heterocycles. The second-order valence-electron chi connectivity index (χ2n) is 6.20. The number of amides is 1. The van der Waals surface area contributed by atoms with E-state index in [0.717, 1.165) is 5.56 Å². The normalized spacial score (nSPS) is 11.3. The number of aryl methyl sites for hydroxylation is 2. The Labute approximate surface area is 158 Å². The largest absolute Gasteiger partial charge is 0.468 e. The topological polar surface area (TPSA) is 88.4 Å². The second kappa shape index (κ2) is 7.77. The molecule has 0 atom stereocenters. The van der Waals surface area contributed by atoms with Crippen molar-refractivity contribution in [3.05, 3.63) is 83.3 Å². The molecule has 0 aliphatic heterocycles. The van der Waals surface area contributed by atoms with Gasteiger partial charge in [0.05, 0.1) is 17.7 Å². The fraction of sp³-hybridized carbons (Fsp3) is 0.150. The number of hydrogen-bond donors (Lipinski definition) is 2. The van der Waals surface area contributed by atoms with E-state index in [1.54, 1.807) is 31.2 Å². The third kappa shape index (κ3) is 4.64. The average molecular weight is 384 g/mol. The number of rotatable bonds is 6. The third-order valence-electron chi connectivity index (χ3n) is 4.06. The van der Waals surface area contributed by atoms with E-state index in [2.05, 4.69) is 10.0 Å². The number of hydrogen-bond acceptors (Lipinski definition) is 4. The predicted molar refractivity (Wildman–Crippen MR) is 103 cm³/mol. The van der Waals surface area contributed by atoms with Crippen molar-refractivity contribution in [3.8, 4) is 0 Å². The molecule has 0 fully saturated rings. The van der Waals surface area contributed by atoms with E-state index in [1.807, 2.05) is 25.1 Å². The molecule has 0 unspecified atom stereocenters. The zero-order valence-corrected chi connectivity index (χ0v) is 15.8. The first-order chi connectivity index (χ1) is 12.8. The summed E-state index contributed by atoms with van der Waals surface area (Å²) >= 11 is 0. The van der Waals surface area contributed by atoms with Crippen LogP contribution in [0.4, 0.5) is 5.69 Å². The Morgan fingerprint density at radius 2 is 1.85 bits per heavy atom. The number of carbonyl (C=O) groups excluding carboxylic acids is 1. The molecule has 0 spiro atoms. The van der Waals surface area contributed by atoms with Crippen LogP contribution in [-0.4, -0.2) is 14.3 Å². The molecule has 0 bridgehead atoms. The summed E-state index contributed by atoms with van der Waals surface area (Å²) in [7, 11) is -3.78. The van der Waals surface area contributed by atoms with Crippen LogP contribution in [0.1, 0.15) is 27.2 Å². The fourth-order valence-corrected chi connectivity index (χ4v) is 3.62. The highest BCUT2D eigenvalue weighted by Crippen LogP contribution is 2.18. The summed E-state index contributed by atoms with van der Waals surface area (Å²) in [4.78, 5) is 12.7. The van der Waals surface area contributed by atoms with Gasteiger partial charge in [0.2, 0.25) is 10.0 Å². The summed E-state index contributed by atoms with van der Waals surface area (Å²) in [6, 6.07) is 15.2. The smallest absolute Gasteiger partial charge is 0.255 e. The van der Waals surface area contributed by atoms with Gasteiger partial charge in [-0.3, -0.25) is 4.79 Å². The lowest BCUT2D eigenvalue weighted by molar-refractivity contribution is 0.102. The Bertz CT molecular complexity index is 1060. The fourth-order valence-electron chi connectivity index (χ4n) is 2.60. The van der Waals surface area contributed by atoms with Gasteiger partial charge in [-0.05, 0) is 61.4 Å². The van der Waals surface area contributed by atoms with Crippen LogP contribution in [0.2, 0.25) is 0 Å². The summed E-state index contributed by atoms with van der Waals surface area (Å²) in [5, 5.41) is 2.80. The zero-order chi connectivity index (χ0) is 19.4. The molecule has 0 radical (unpaired) electrons. The summed E-state index contributed by atoms with van der Waals surface area (Å²) in [6.45, 7) is 3.73. The van der Waals surface area contributed by atoms with Gasteiger partial charge in [0.15, 0.2) is 0 Å². The number of anilines is 1. The first-order valence-electron chi connectivity index (χ1n) is 8.36. The van der Waals surface area contributed by atoms with Gasteiger partial charge in [-0.25, -0.2) is 13.1 Å². The van der Waals surface area contributed by atoms with Gasteiger partial charge < -0.3 is 9.73 Å². The summed E-state index contributed by atoms with van der Waals surface area (Å²) < 4.78 is 32.7. The van der Waals surface area contributed by atoms with Gasteiger partial charge in [-0.2, -0.15) is 0 Å². The van der Waals surface area contributed by atoms with Crippen molar-refractivity contribution in [3.63, 3.8) is 0 Å². The highest BCUT2D eigenvalue weighted by molar-refractivity contribution is 7.89. The molecule has 0 saturated carbocycles. The van der Waals surface area contributed by atoms with Crippen LogP contribution in [0.3, 0.4) is 0 Å². The number of nitrogens with one attached hydrogen (secondary N) is 2. The molecule has 1 heterocycles. The SMILES string of the molecule is Cc1cccc(NC(=O)c2cc(S(=O)(=O)NCc3ccco3)ccc2C)c1. The third-order valence-corrected chi connectivity index (χ3v) is 5.46. The molecule has 140 valence electrons. The summed E-state index contributed by atoms with van der Waals surface area (Å²) in [5.41, 5.74) is 2.66. The van der Waals surface area contributed by atoms with E-state index in [9.17, 15) is 13.2 Å². The molecule has 3 rings (SSSR count). The number of sulfonamides is 1. The van der Waals surface area contributed by atoms with Crippen molar-refractivity contribution in [1.82, 2.24) is 4.72 Å². The van der Waals surface area contributed by atoms with E-state index < -0.39 is 10.0 Å². The maximum absolute atomic E-state index is 12.6. The average Bonchev–Trinajstić information content (AvgIpc) is 3.14. The Morgan fingerprint density at radius 3 is 2.56 bits per heavy atom. The summed E-state index contributed by atoms with van der Waals surface area (Å²) in [6.07, 6.45) is 1.48. The Balaban J connectivity index is 1.81.